The van der Waals surface area contributed by atoms with Crippen molar-refractivity contribution in [2.75, 3.05) is 21.3 Å². The fourth-order valence-corrected chi connectivity index (χ4v) is 1.98. The molecule has 6 heteroatoms. The number of carbonyl (C=O) groups is 1. The number of hydrogen-bond donors (Lipinski definition) is 1. The topological polar surface area (TPSA) is 69.2 Å². The predicted octanol–water partition coefficient (Wildman–Crippen LogP) is 2.48. The SMILES string of the molecule is COc1ccc(/C=N/NC(=O)c2ccccc2OC)c(OC)c1. The van der Waals surface area contributed by atoms with Crippen LogP contribution in [-0.4, -0.2) is 33.5 Å². The Kier molecular flexibility index (Phi) is 5.57. The first-order chi connectivity index (χ1) is 11.2. The molecule has 0 saturated carbocycles. The van der Waals surface area contributed by atoms with Gasteiger partial charge in [0.1, 0.15) is 17.2 Å². The van der Waals surface area contributed by atoms with Crippen LogP contribution in [0.5, 0.6) is 17.2 Å². The Hall–Kier alpha value is -3.02. The van der Waals surface area contributed by atoms with E-state index in [2.05, 4.69) is 10.5 Å². The first kappa shape index (κ1) is 16.4. The zero-order valence-corrected chi connectivity index (χ0v) is 13.2. The first-order valence-electron chi connectivity index (χ1n) is 6.88. The van der Waals surface area contributed by atoms with Gasteiger partial charge in [0.25, 0.3) is 5.91 Å². The van der Waals surface area contributed by atoms with E-state index in [0.717, 1.165) is 0 Å². The molecule has 120 valence electrons. The van der Waals surface area contributed by atoms with Crippen molar-refractivity contribution in [3.05, 3.63) is 53.6 Å². The lowest BCUT2D eigenvalue weighted by atomic mass is 10.2. The van der Waals surface area contributed by atoms with Crippen LogP contribution in [0.3, 0.4) is 0 Å². The molecule has 0 unspecified atom stereocenters. The Labute approximate surface area is 134 Å². The summed E-state index contributed by atoms with van der Waals surface area (Å²) in [5.74, 6) is 1.41. The molecular formula is C17H18N2O4. The molecule has 2 rings (SSSR count). The Bertz CT molecular complexity index is 713. The van der Waals surface area contributed by atoms with Crippen LogP contribution >= 0.6 is 0 Å². The molecule has 0 aliphatic carbocycles. The molecule has 23 heavy (non-hydrogen) atoms. The van der Waals surface area contributed by atoms with Crippen LogP contribution in [0, 0.1) is 0 Å². The van der Waals surface area contributed by atoms with Crippen molar-refractivity contribution in [3.63, 3.8) is 0 Å². The maximum Gasteiger partial charge on any atom is 0.275 e. The van der Waals surface area contributed by atoms with Crippen molar-refractivity contribution in [1.82, 2.24) is 5.43 Å². The van der Waals surface area contributed by atoms with Crippen LogP contribution in [0.15, 0.2) is 47.6 Å². The molecule has 2 aromatic rings. The molecule has 0 aliphatic rings. The molecule has 0 bridgehead atoms. The average Bonchev–Trinajstić information content (AvgIpc) is 2.61. The Morgan fingerprint density at radius 3 is 2.43 bits per heavy atom. The fourth-order valence-electron chi connectivity index (χ4n) is 1.98. The maximum atomic E-state index is 12.1. The number of hydrazone groups is 1. The molecule has 0 spiro atoms. The number of nitrogens with zero attached hydrogens (tertiary/aromatic N) is 1. The summed E-state index contributed by atoms with van der Waals surface area (Å²) in [5, 5.41) is 3.96. The molecule has 1 amide bonds. The highest BCUT2D eigenvalue weighted by Crippen LogP contribution is 2.23. The second kappa shape index (κ2) is 7.84. The van der Waals surface area contributed by atoms with Crippen LogP contribution in [0.2, 0.25) is 0 Å². The van der Waals surface area contributed by atoms with Gasteiger partial charge in [-0.05, 0) is 24.3 Å². The minimum Gasteiger partial charge on any atom is -0.497 e. The van der Waals surface area contributed by atoms with Gasteiger partial charge < -0.3 is 14.2 Å². The summed E-state index contributed by atoms with van der Waals surface area (Å²) in [6.07, 6.45) is 1.51. The van der Waals surface area contributed by atoms with Gasteiger partial charge in [0.2, 0.25) is 0 Å². The van der Waals surface area contributed by atoms with E-state index >= 15 is 0 Å². The Morgan fingerprint density at radius 2 is 1.74 bits per heavy atom. The van der Waals surface area contributed by atoms with Gasteiger partial charge in [-0.25, -0.2) is 5.43 Å². The first-order valence-corrected chi connectivity index (χ1v) is 6.88. The number of amides is 1. The number of carbonyl (C=O) groups excluding carboxylic acids is 1. The summed E-state index contributed by atoms with van der Waals surface area (Å²) in [7, 11) is 4.65. The van der Waals surface area contributed by atoms with Gasteiger partial charge in [0.05, 0.1) is 33.1 Å². The molecule has 0 radical (unpaired) electrons. The lowest BCUT2D eigenvalue weighted by Gasteiger charge is -2.07. The Morgan fingerprint density at radius 1 is 1.00 bits per heavy atom. The number of nitrogens with one attached hydrogen (secondary N) is 1. The molecule has 0 heterocycles. The highest BCUT2D eigenvalue weighted by molar-refractivity contribution is 5.97. The van der Waals surface area contributed by atoms with Crippen molar-refractivity contribution in [1.29, 1.82) is 0 Å². The minimum atomic E-state index is -0.355. The van der Waals surface area contributed by atoms with Crippen LogP contribution < -0.4 is 19.6 Å². The van der Waals surface area contributed by atoms with Crippen molar-refractivity contribution >= 4 is 12.1 Å². The molecule has 0 aliphatic heterocycles. The number of methoxy groups -OCH3 is 3. The number of hydrogen-bond acceptors (Lipinski definition) is 5. The van der Waals surface area contributed by atoms with E-state index in [-0.39, 0.29) is 5.91 Å². The molecule has 0 atom stereocenters. The third kappa shape index (κ3) is 4.00. The quantitative estimate of drug-likeness (QED) is 0.657. The molecule has 1 N–H and O–H groups in total. The van der Waals surface area contributed by atoms with E-state index in [1.807, 2.05) is 0 Å². The van der Waals surface area contributed by atoms with E-state index in [1.165, 1.54) is 13.3 Å². The van der Waals surface area contributed by atoms with E-state index in [1.54, 1.807) is 56.7 Å². The van der Waals surface area contributed by atoms with E-state index in [9.17, 15) is 4.79 Å². The lowest BCUT2D eigenvalue weighted by molar-refractivity contribution is 0.0952. The summed E-state index contributed by atoms with van der Waals surface area (Å²) in [5.41, 5.74) is 3.59. The van der Waals surface area contributed by atoms with Gasteiger partial charge in [0.15, 0.2) is 0 Å². The molecular weight excluding hydrogens is 296 g/mol. The van der Waals surface area contributed by atoms with Gasteiger partial charge in [-0.3, -0.25) is 4.79 Å². The lowest BCUT2D eigenvalue weighted by Crippen LogP contribution is -2.18. The summed E-state index contributed by atoms with van der Waals surface area (Å²) in [4.78, 5) is 12.1. The number of para-hydroxylation sites is 1. The van der Waals surface area contributed by atoms with Crippen LogP contribution in [0.25, 0.3) is 0 Å². The second-order valence-corrected chi connectivity index (χ2v) is 4.51. The van der Waals surface area contributed by atoms with Crippen LogP contribution in [-0.2, 0) is 0 Å². The summed E-state index contributed by atoms with van der Waals surface area (Å²) in [6.45, 7) is 0. The van der Waals surface area contributed by atoms with Crippen molar-refractivity contribution in [2.45, 2.75) is 0 Å². The number of ether oxygens (including phenoxy) is 3. The van der Waals surface area contributed by atoms with E-state index < -0.39 is 0 Å². The molecule has 0 fully saturated rings. The third-order valence-electron chi connectivity index (χ3n) is 3.16. The molecule has 0 aromatic heterocycles. The smallest absolute Gasteiger partial charge is 0.275 e. The Balaban J connectivity index is 2.11. The highest BCUT2D eigenvalue weighted by Gasteiger charge is 2.10. The van der Waals surface area contributed by atoms with E-state index in [0.29, 0.717) is 28.4 Å². The summed E-state index contributed by atoms with van der Waals surface area (Å²) in [6, 6.07) is 12.2. The minimum absolute atomic E-state index is 0.355. The zero-order chi connectivity index (χ0) is 16.7. The standard InChI is InChI=1S/C17H18N2O4/c1-21-13-9-8-12(16(10-13)23-3)11-18-19-17(20)14-6-4-5-7-15(14)22-2/h4-11H,1-3H3,(H,19,20)/b18-11+. The fraction of sp³-hybridized carbons (Fsp3) is 0.176. The predicted molar refractivity (Wildman–Crippen MR) is 87.6 cm³/mol. The van der Waals surface area contributed by atoms with Crippen LogP contribution in [0.4, 0.5) is 0 Å². The number of rotatable bonds is 6. The third-order valence-corrected chi connectivity index (χ3v) is 3.16. The van der Waals surface area contributed by atoms with Gasteiger partial charge >= 0.3 is 0 Å². The highest BCUT2D eigenvalue weighted by atomic mass is 16.5. The summed E-state index contributed by atoms with van der Waals surface area (Å²) >= 11 is 0. The van der Waals surface area contributed by atoms with Crippen LogP contribution in [0.1, 0.15) is 15.9 Å². The van der Waals surface area contributed by atoms with Gasteiger partial charge in [-0.15, -0.1) is 0 Å². The maximum absolute atomic E-state index is 12.1. The summed E-state index contributed by atoms with van der Waals surface area (Å²) < 4.78 is 15.5. The monoisotopic (exact) mass is 314 g/mol. The van der Waals surface area contributed by atoms with Gasteiger partial charge in [0, 0.05) is 11.6 Å². The molecule has 0 saturated heterocycles. The largest absolute Gasteiger partial charge is 0.497 e. The normalized spacial score (nSPS) is 10.4. The van der Waals surface area contributed by atoms with Crippen molar-refractivity contribution in [2.24, 2.45) is 5.10 Å². The van der Waals surface area contributed by atoms with Gasteiger partial charge in [-0.2, -0.15) is 5.10 Å². The zero-order valence-electron chi connectivity index (χ0n) is 13.2. The van der Waals surface area contributed by atoms with E-state index in [4.69, 9.17) is 14.2 Å². The second-order valence-electron chi connectivity index (χ2n) is 4.51. The molecule has 2 aromatic carbocycles. The van der Waals surface area contributed by atoms with Crippen molar-refractivity contribution < 1.29 is 19.0 Å². The number of benzene rings is 2. The average molecular weight is 314 g/mol. The van der Waals surface area contributed by atoms with Gasteiger partial charge in [-0.1, -0.05) is 12.1 Å². The molecule has 6 nitrogen and oxygen atoms in total. The van der Waals surface area contributed by atoms with Crippen molar-refractivity contribution in [3.8, 4) is 17.2 Å².